The number of aryl methyl sites for hydroxylation is 2. The molecule has 0 fully saturated rings. The van der Waals surface area contributed by atoms with Crippen LogP contribution in [0.25, 0.3) is 10.9 Å². The van der Waals surface area contributed by atoms with Gasteiger partial charge in [0.25, 0.3) is 0 Å². The maximum absolute atomic E-state index is 13.9. The van der Waals surface area contributed by atoms with Crippen LogP contribution in [0.4, 0.5) is 0 Å². The van der Waals surface area contributed by atoms with Crippen LogP contribution in [0, 0.1) is 13.8 Å². The average Bonchev–Trinajstić information content (AvgIpc) is 3.22. The van der Waals surface area contributed by atoms with Crippen LogP contribution in [-0.4, -0.2) is 21.8 Å². The highest BCUT2D eigenvalue weighted by Crippen LogP contribution is 2.51. The largest absolute Gasteiger partial charge is 0.510 e. The molecule has 0 spiro atoms. The van der Waals surface area contributed by atoms with E-state index in [1.54, 1.807) is 6.92 Å². The average molecular weight is 479 g/mol. The first-order valence-corrected chi connectivity index (χ1v) is 12.2. The zero-order valence-corrected chi connectivity index (χ0v) is 21.0. The summed E-state index contributed by atoms with van der Waals surface area (Å²) < 4.78 is 0. The lowest BCUT2D eigenvalue weighted by molar-refractivity contribution is -0.124. The number of ketones is 1. The van der Waals surface area contributed by atoms with Crippen LogP contribution in [0.2, 0.25) is 0 Å². The molecular weight excluding hydrogens is 448 g/mol. The summed E-state index contributed by atoms with van der Waals surface area (Å²) in [6, 6.07) is 23.6. The number of aromatic nitrogens is 1. The maximum atomic E-state index is 13.9. The summed E-state index contributed by atoms with van der Waals surface area (Å²) in [4.78, 5) is 29.3. The minimum Gasteiger partial charge on any atom is -0.510 e. The lowest BCUT2D eigenvalue weighted by Gasteiger charge is -2.41. The van der Waals surface area contributed by atoms with Crippen molar-refractivity contribution in [3.05, 3.63) is 118 Å². The van der Waals surface area contributed by atoms with E-state index < -0.39 is 11.3 Å². The zero-order chi connectivity index (χ0) is 25.6. The number of aromatic amines is 1. The van der Waals surface area contributed by atoms with Gasteiger partial charge in [0.2, 0.25) is 5.91 Å². The molecule has 182 valence electrons. The van der Waals surface area contributed by atoms with Crippen LogP contribution in [0.15, 0.2) is 84.1 Å². The van der Waals surface area contributed by atoms with E-state index in [9.17, 15) is 14.7 Å². The second kappa shape index (κ2) is 8.83. The third-order valence-corrected chi connectivity index (χ3v) is 7.38. The summed E-state index contributed by atoms with van der Waals surface area (Å²) in [5.74, 6) is -0.648. The minimum absolute atomic E-state index is 0.0884. The number of H-pyrrole nitrogens is 1. The SMILES string of the molecule is CC(=O)NCc1c(C(C2=C(O)C(C)(c3ccc(C)cc3)C2=O)c2ccccc2)[nH]c2cc(C)ccc12. The Balaban J connectivity index is 1.73. The number of Topliss-reactive ketones (excluding diaryl/α,β-unsaturated/α-hetero) is 1. The second-order valence-corrected chi connectivity index (χ2v) is 9.90. The van der Waals surface area contributed by atoms with Gasteiger partial charge in [0.15, 0.2) is 5.78 Å². The first-order valence-electron chi connectivity index (χ1n) is 12.2. The van der Waals surface area contributed by atoms with Crippen LogP contribution >= 0.6 is 0 Å². The fourth-order valence-corrected chi connectivity index (χ4v) is 5.28. The third kappa shape index (κ3) is 3.72. The predicted molar refractivity (Wildman–Crippen MR) is 142 cm³/mol. The van der Waals surface area contributed by atoms with Gasteiger partial charge in [-0.2, -0.15) is 0 Å². The molecule has 1 aliphatic carbocycles. The van der Waals surface area contributed by atoms with E-state index in [0.29, 0.717) is 12.1 Å². The van der Waals surface area contributed by atoms with Crippen LogP contribution in [0.5, 0.6) is 0 Å². The number of benzene rings is 3. The number of allylic oxidation sites excluding steroid dienone is 2. The summed E-state index contributed by atoms with van der Waals surface area (Å²) in [6.45, 7) is 7.61. The van der Waals surface area contributed by atoms with Gasteiger partial charge in [-0.25, -0.2) is 0 Å². The van der Waals surface area contributed by atoms with E-state index in [1.807, 2.05) is 80.6 Å². The van der Waals surface area contributed by atoms with Gasteiger partial charge in [0.05, 0.1) is 5.92 Å². The minimum atomic E-state index is -1.09. The number of rotatable bonds is 6. The molecule has 5 heteroatoms. The van der Waals surface area contributed by atoms with E-state index in [-0.39, 0.29) is 17.4 Å². The number of carbonyl (C=O) groups excluding carboxylic acids is 2. The van der Waals surface area contributed by atoms with Crippen molar-refractivity contribution in [1.82, 2.24) is 10.3 Å². The maximum Gasteiger partial charge on any atom is 0.217 e. The molecule has 0 aliphatic heterocycles. The quantitative estimate of drug-likeness (QED) is 0.322. The van der Waals surface area contributed by atoms with E-state index in [1.165, 1.54) is 6.92 Å². The summed E-state index contributed by atoms with van der Waals surface area (Å²) in [5, 5.41) is 15.4. The number of aliphatic hydroxyl groups excluding tert-OH is 1. The molecule has 4 aromatic rings. The Morgan fingerprint density at radius 1 is 1.00 bits per heavy atom. The number of hydrogen-bond acceptors (Lipinski definition) is 3. The first-order chi connectivity index (χ1) is 17.2. The molecule has 5 rings (SSSR count). The zero-order valence-electron chi connectivity index (χ0n) is 21.0. The van der Waals surface area contributed by atoms with E-state index in [0.717, 1.165) is 44.4 Å². The summed E-state index contributed by atoms with van der Waals surface area (Å²) in [7, 11) is 0. The molecule has 0 bridgehead atoms. The van der Waals surface area contributed by atoms with Gasteiger partial charge in [0, 0.05) is 41.2 Å². The molecule has 3 N–H and O–H groups in total. The fraction of sp³-hybridized carbons (Fsp3) is 0.226. The molecule has 36 heavy (non-hydrogen) atoms. The lowest BCUT2D eigenvalue weighted by atomic mass is 9.60. The van der Waals surface area contributed by atoms with Gasteiger partial charge in [-0.05, 0) is 43.5 Å². The van der Waals surface area contributed by atoms with Gasteiger partial charge in [-0.1, -0.05) is 72.3 Å². The number of carbonyl (C=O) groups is 2. The Hall–Kier alpha value is -4.12. The molecule has 0 saturated carbocycles. The van der Waals surface area contributed by atoms with Crippen LogP contribution in [0.1, 0.15) is 53.3 Å². The first kappa shape index (κ1) is 23.6. The topological polar surface area (TPSA) is 82.2 Å². The monoisotopic (exact) mass is 478 g/mol. The highest BCUT2D eigenvalue weighted by Gasteiger charge is 2.55. The lowest BCUT2D eigenvalue weighted by Crippen LogP contribution is -2.48. The van der Waals surface area contributed by atoms with E-state index in [4.69, 9.17) is 0 Å². The van der Waals surface area contributed by atoms with Crippen molar-refractivity contribution in [2.75, 3.05) is 0 Å². The van der Waals surface area contributed by atoms with Gasteiger partial charge in [0.1, 0.15) is 11.2 Å². The highest BCUT2D eigenvalue weighted by atomic mass is 16.3. The van der Waals surface area contributed by atoms with Gasteiger partial charge in [-0.3, -0.25) is 9.59 Å². The molecule has 2 atom stereocenters. The Kier molecular flexibility index (Phi) is 5.79. The van der Waals surface area contributed by atoms with Crippen LogP contribution in [0.3, 0.4) is 0 Å². The van der Waals surface area contributed by atoms with Crippen molar-refractivity contribution in [3.63, 3.8) is 0 Å². The van der Waals surface area contributed by atoms with Crippen LogP contribution < -0.4 is 5.32 Å². The second-order valence-electron chi connectivity index (χ2n) is 9.90. The number of nitrogens with one attached hydrogen (secondary N) is 2. The number of fused-ring (bicyclic) bond motifs is 1. The summed E-state index contributed by atoms with van der Waals surface area (Å²) in [5.41, 5.74) is 5.81. The molecule has 2 unspecified atom stereocenters. The number of aliphatic hydroxyl groups is 1. The molecule has 0 saturated heterocycles. The Labute approximate surface area is 210 Å². The molecule has 1 aromatic heterocycles. The fourth-order valence-electron chi connectivity index (χ4n) is 5.28. The number of amides is 1. The third-order valence-electron chi connectivity index (χ3n) is 7.38. The Morgan fingerprint density at radius 2 is 1.67 bits per heavy atom. The summed E-state index contributed by atoms with van der Waals surface area (Å²) >= 11 is 0. The van der Waals surface area contributed by atoms with Gasteiger partial charge in [-0.15, -0.1) is 0 Å². The van der Waals surface area contributed by atoms with E-state index in [2.05, 4.69) is 16.4 Å². The molecule has 5 nitrogen and oxygen atoms in total. The van der Waals surface area contributed by atoms with Crippen molar-refractivity contribution in [2.24, 2.45) is 0 Å². The van der Waals surface area contributed by atoms with Gasteiger partial charge >= 0.3 is 0 Å². The molecule has 1 aliphatic rings. The normalized spacial score (nSPS) is 18.3. The van der Waals surface area contributed by atoms with Crippen molar-refractivity contribution in [1.29, 1.82) is 0 Å². The van der Waals surface area contributed by atoms with Crippen LogP contribution in [-0.2, 0) is 21.5 Å². The Morgan fingerprint density at radius 3 is 2.31 bits per heavy atom. The predicted octanol–water partition coefficient (Wildman–Crippen LogP) is 5.91. The van der Waals surface area contributed by atoms with E-state index >= 15 is 0 Å². The summed E-state index contributed by atoms with van der Waals surface area (Å²) in [6.07, 6.45) is 0. The number of hydrogen-bond donors (Lipinski definition) is 3. The highest BCUT2D eigenvalue weighted by molar-refractivity contribution is 6.14. The molecular formula is C31H30N2O3. The van der Waals surface area contributed by atoms with Crippen molar-refractivity contribution < 1.29 is 14.7 Å². The van der Waals surface area contributed by atoms with Gasteiger partial charge < -0.3 is 15.4 Å². The molecule has 3 aromatic carbocycles. The molecule has 0 radical (unpaired) electrons. The smallest absolute Gasteiger partial charge is 0.217 e. The Bertz CT molecular complexity index is 1510. The standard InChI is InChI=1S/C31H30N2O3/c1-18-10-13-22(14-11-18)31(4)29(35)27(30(31)36)26(21-8-6-5-7-9-21)28-24(17-32-20(3)34)23-15-12-19(2)16-25(23)33-28/h5-16,26,33,35H,17H2,1-4H3,(H,32,34). The van der Waals surface area contributed by atoms with Crippen molar-refractivity contribution in [3.8, 4) is 0 Å². The van der Waals surface area contributed by atoms with Crippen molar-refractivity contribution in [2.45, 2.75) is 45.6 Å². The molecule has 1 amide bonds. The molecule has 1 heterocycles. The van der Waals surface area contributed by atoms with Crippen molar-refractivity contribution >= 4 is 22.6 Å².